The molecule has 0 aliphatic heterocycles. The third-order valence-corrected chi connectivity index (χ3v) is 3.46. The third kappa shape index (κ3) is 7.45. The van der Waals surface area contributed by atoms with E-state index in [0.717, 1.165) is 24.3 Å². The minimum Gasteiger partial charge on any atom is -0.399 e. The summed E-state index contributed by atoms with van der Waals surface area (Å²) in [7, 11) is 0. The van der Waals surface area contributed by atoms with Crippen LogP contribution in [0.3, 0.4) is 0 Å². The van der Waals surface area contributed by atoms with Crippen molar-refractivity contribution in [3.63, 3.8) is 0 Å². The molecule has 0 saturated heterocycles. The number of carbonyl (C=O) groups excluding carboxylic acids is 1. The van der Waals surface area contributed by atoms with Gasteiger partial charge in [-0.15, -0.1) is 12.4 Å². The Morgan fingerprint density at radius 2 is 2.00 bits per heavy atom. The molecule has 0 spiro atoms. The summed E-state index contributed by atoms with van der Waals surface area (Å²) in [6.45, 7) is 2.81. The van der Waals surface area contributed by atoms with Crippen LogP contribution in [-0.4, -0.2) is 24.0 Å². The van der Waals surface area contributed by atoms with Crippen LogP contribution in [0, 0.1) is 0 Å². The maximum absolute atomic E-state index is 11.4. The van der Waals surface area contributed by atoms with Crippen LogP contribution >= 0.6 is 24.2 Å². The van der Waals surface area contributed by atoms with Crippen LogP contribution < -0.4 is 11.1 Å². The standard InChI is InChI=1S/C13H20N2OS.ClH/c1-2-9-17-10-13(16)15-8-7-11-3-5-12(14)6-4-11;/h3-6H,2,7-10,14H2,1H3,(H,15,16);1H. The van der Waals surface area contributed by atoms with Gasteiger partial charge in [-0.05, 0) is 36.3 Å². The number of anilines is 1. The first-order chi connectivity index (χ1) is 8.22. The summed E-state index contributed by atoms with van der Waals surface area (Å²) >= 11 is 1.68. The van der Waals surface area contributed by atoms with E-state index in [0.29, 0.717) is 12.3 Å². The molecule has 1 rings (SSSR count). The molecule has 0 unspecified atom stereocenters. The fourth-order valence-electron chi connectivity index (χ4n) is 1.39. The third-order valence-electron chi connectivity index (χ3n) is 2.30. The lowest BCUT2D eigenvalue weighted by molar-refractivity contribution is -0.118. The highest BCUT2D eigenvalue weighted by Crippen LogP contribution is 2.05. The van der Waals surface area contributed by atoms with E-state index < -0.39 is 0 Å². The lowest BCUT2D eigenvalue weighted by atomic mass is 10.1. The smallest absolute Gasteiger partial charge is 0.230 e. The van der Waals surface area contributed by atoms with Crippen molar-refractivity contribution < 1.29 is 4.79 Å². The van der Waals surface area contributed by atoms with Gasteiger partial charge < -0.3 is 11.1 Å². The summed E-state index contributed by atoms with van der Waals surface area (Å²) in [4.78, 5) is 11.4. The Hall–Kier alpha value is -0.870. The number of amides is 1. The molecule has 1 aromatic rings. The molecule has 0 aliphatic rings. The summed E-state index contributed by atoms with van der Waals surface area (Å²) in [5, 5.41) is 2.91. The highest BCUT2D eigenvalue weighted by molar-refractivity contribution is 7.99. The molecule has 0 bridgehead atoms. The molecule has 3 nitrogen and oxygen atoms in total. The van der Waals surface area contributed by atoms with Gasteiger partial charge in [0.15, 0.2) is 0 Å². The van der Waals surface area contributed by atoms with Crippen molar-refractivity contribution >= 4 is 35.8 Å². The molecule has 3 N–H and O–H groups in total. The number of carbonyl (C=O) groups is 1. The lowest BCUT2D eigenvalue weighted by Gasteiger charge is -2.05. The molecule has 0 atom stereocenters. The van der Waals surface area contributed by atoms with Gasteiger partial charge in [-0.1, -0.05) is 19.1 Å². The number of halogens is 1. The van der Waals surface area contributed by atoms with Crippen LogP contribution in [0.2, 0.25) is 0 Å². The molecular weight excluding hydrogens is 268 g/mol. The largest absolute Gasteiger partial charge is 0.399 e. The maximum Gasteiger partial charge on any atom is 0.230 e. The van der Waals surface area contributed by atoms with Crippen LogP contribution in [0.15, 0.2) is 24.3 Å². The minimum absolute atomic E-state index is 0. The predicted molar refractivity (Wildman–Crippen MR) is 82.4 cm³/mol. The summed E-state index contributed by atoms with van der Waals surface area (Å²) in [6.07, 6.45) is 1.97. The first-order valence-corrected chi connectivity index (χ1v) is 7.06. The van der Waals surface area contributed by atoms with Gasteiger partial charge in [-0.25, -0.2) is 0 Å². The van der Waals surface area contributed by atoms with Crippen molar-refractivity contribution in [3.8, 4) is 0 Å². The van der Waals surface area contributed by atoms with Crippen LogP contribution in [0.1, 0.15) is 18.9 Å². The van der Waals surface area contributed by atoms with Crippen molar-refractivity contribution in [2.24, 2.45) is 0 Å². The zero-order chi connectivity index (χ0) is 12.5. The second-order valence-corrected chi connectivity index (χ2v) is 5.00. The van der Waals surface area contributed by atoms with Crippen molar-refractivity contribution in [1.29, 1.82) is 0 Å². The Labute approximate surface area is 119 Å². The van der Waals surface area contributed by atoms with Gasteiger partial charge in [0.1, 0.15) is 0 Å². The van der Waals surface area contributed by atoms with E-state index >= 15 is 0 Å². The lowest BCUT2D eigenvalue weighted by Crippen LogP contribution is -2.27. The topological polar surface area (TPSA) is 55.1 Å². The SMILES string of the molecule is CCCSCC(=O)NCCc1ccc(N)cc1.Cl. The first-order valence-electron chi connectivity index (χ1n) is 5.91. The molecule has 0 radical (unpaired) electrons. The van der Waals surface area contributed by atoms with Crippen molar-refractivity contribution in [2.75, 3.05) is 23.8 Å². The fourth-order valence-corrected chi connectivity index (χ4v) is 2.11. The van der Waals surface area contributed by atoms with E-state index in [1.165, 1.54) is 5.56 Å². The van der Waals surface area contributed by atoms with Gasteiger partial charge in [0.05, 0.1) is 5.75 Å². The fraction of sp³-hybridized carbons (Fsp3) is 0.462. The number of hydrogen-bond donors (Lipinski definition) is 2. The van der Waals surface area contributed by atoms with Crippen LogP contribution in [-0.2, 0) is 11.2 Å². The quantitative estimate of drug-likeness (QED) is 0.599. The molecule has 5 heteroatoms. The van der Waals surface area contributed by atoms with Crippen molar-refractivity contribution in [2.45, 2.75) is 19.8 Å². The molecule has 0 aromatic heterocycles. The zero-order valence-corrected chi connectivity index (χ0v) is 12.3. The average Bonchev–Trinajstić information content (AvgIpc) is 2.32. The van der Waals surface area contributed by atoms with E-state index in [1.54, 1.807) is 11.8 Å². The first kappa shape index (κ1) is 17.1. The second kappa shape index (κ2) is 10.1. The monoisotopic (exact) mass is 288 g/mol. The van der Waals surface area contributed by atoms with Gasteiger partial charge in [-0.3, -0.25) is 4.79 Å². The highest BCUT2D eigenvalue weighted by Gasteiger charge is 2.00. The molecule has 0 saturated carbocycles. The predicted octanol–water partition coefficient (Wildman–Crippen LogP) is 2.49. The van der Waals surface area contributed by atoms with Crippen LogP contribution in [0.5, 0.6) is 0 Å². The number of benzene rings is 1. The average molecular weight is 289 g/mol. The highest BCUT2D eigenvalue weighted by atomic mass is 35.5. The number of nitrogens with two attached hydrogens (primary N) is 1. The Kier molecular flexibility index (Phi) is 9.60. The Morgan fingerprint density at radius 3 is 2.61 bits per heavy atom. The molecule has 0 aliphatic carbocycles. The summed E-state index contributed by atoms with van der Waals surface area (Å²) in [6, 6.07) is 7.75. The number of nitrogen functional groups attached to an aromatic ring is 1. The number of hydrogen-bond acceptors (Lipinski definition) is 3. The zero-order valence-electron chi connectivity index (χ0n) is 10.6. The second-order valence-electron chi connectivity index (χ2n) is 3.89. The summed E-state index contributed by atoms with van der Waals surface area (Å²) < 4.78 is 0. The van der Waals surface area contributed by atoms with E-state index in [4.69, 9.17) is 5.73 Å². The Balaban J connectivity index is 0.00000289. The van der Waals surface area contributed by atoms with Gasteiger partial charge in [-0.2, -0.15) is 11.8 Å². The molecule has 18 heavy (non-hydrogen) atoms. The molecule has 0 fully saturated rings. The van der Waals surface area contributed by atoms with Gasteiger partial charge in [0.2, 0.25) is 5.91 Å². The molecular formula is C13H21ClN2OS. The van der Waals surface area contributed by atoms with Crippen molar-refractivity contribution in [1.82, 2.24) is 5.32 Å². The van der Waals surface area contributed by atoms with Gasteiger partial charge in [0.25, 0.3) is 0 Å². The molecule has 102 valence electrons. The van der Waals surface area contributed by atoms with Crippen molar-refractivity contribution in [3.05, 3.63) is 29.8 Å². The summed E-state index contributed by atoms with van der Waals surface area (Å²) in [5.74, 6) is 1.74. The van der Waals surface area contributed by atoms with Crippen LogP contribution in [0.4, 0.5) is 5.69 Å². The van der Waals surface area contributed by atoms with E-state index in [1.807, 2.05) is 24.3 Å². The number of rotatable bonds is 7. The number of nitrogens with one attached hydrogen (secondary N) is 1. The minimum atomic E-state index is 0. The van der Waals surface area contributed by atoms with E-state index in [2.05, 4.69) is 12.2 Å². The Morgan fingerprint density at radius 1 is 1.33 bits per heavy atom. The van der Waals surface area contributed by atoms with E-state index in [-0.39, 0.29) is 18.3 Å². The Bertz CT molecular complexity index is 343. The summed E-state index contributed by atoms with van der Waals surface area (Å²) in [5.41, 5.74) is 7.57. The van der Waals surface area contributed by atoms with Gasteiger partial charge in [0, 0.05) is 12.2 Å². The molecule has 0 heterocycles. The maximum atomic E-state index is 11.4. The van der Waals surface area contributed by atoms with E-state index in [9.17, 15) is 4.79 Å². The van der Waals surface area contributed by atoms with Crippen LogP contribution in [0.25, 0.3) is 0 Å². The molecule has 1 amide bonds. The number of thioether (sulfide) groups is 1. The van der Waals surface area contributed by atoms with Gasteiger partial charge >= 0.3 is 0 Å². The normalized spacial score (nSPS) is 9.61. The molecule has 1 aromatic carbocycles.